The van der Waals surface area contributed by atoms with Crippen LogP contribution in [-0.4, -0.2) is 13.3 Å². The van der Waals surface area contributed by atoms with Crippen LogP contribution < -0.4 is 4.13 Å². The van der Waals surface area contributed by atoms with Gasteiger partial charge in [0.15, 0.2) is 0 Å². The van der Waals surface area contributed by atoms with E-state index in [1.165, 1.54) is 30.3 Å². The third kappa shape index (κ3) is 3.35. The molecule has 0 fully saturated rings. The highest BCUT2D eigenvalue weighted by atomic mass is 32.3. The predicted octanol–water partition coefficient (Wildman–Crippen LogP) is 2.58. The number of benzene rings is 2. The molecule has 104 valence electrons. The maximum absolute atomic E-state index is 12.0. The zero-order valence-electron chi connectivity index (χ0n) is 10.1. The first kappa shape index (κ1) is 14.5. The van der Waals surface area contributed by atoms with Gasteiger partial charge in [0.25, 0.3) is 5.69 Å². The molecule has 6 nitrogen and oxygen atoms in total. The molecular formula is C12H10N2O4S2. The van der Waals surface area contributed by atoms with Gasteiger partial charge in [-0.1, -0.05) is 30.3 Å². The van der Waals surface area contributed by atoms with Crippen molar-refractivity contribution < 1.29 is 13.3 Å². The monoisotopic (exact) mass is 310 g/mol. The van der Waals surface area contributed by atoms with Crippen molar-refractivity contribution in [2.45, 2.75) is 9.79 Å². The quantitative estimate of drug-likeness (QED) is 0.521. The molecule has 0 aliphatic heterocycles. The molecule has 0 unspecified atom stereocenters. The van der Waals surface area contributed by atoms with Crippen LogP contribution >= 0.6 is 11.9 Å². The van der Waals surface area contributed by atoms with Crippen LogP contribution in [0.25, 0.3) is 0 Å². The Morgan fingerprint density at radius 2 is 1.60 bits per heavy atom. The molecule has 2 rings (SSSR count). The Bertz CT molecular complexity index is 717. The molecule has 8 heteroatoms. The molecule has 0 atom stereocenters. The number of hydrogen-bond donors (Lipinski definition) is 1. The van der Waals surface area contributed by atoms with Crippen LogP contribution in [0.5, 0.6) is 0 Å². The Balaban J connectivity index is 2.19. The van der Waals surface area contributed by atoms with Gasteiger partial charge in [0, 0.05) is 6.07 Å². The maximum Gasteiger partial charge on any atom is 0.284 e. The van der Waals surface area contributed by atoms with E-state index in [1.807, 2.05) is 0 Å². The summed E-state index contributed by atoms with van der Waals surface area (Å²) >= 11 is 0.698. The van der Waals surface area contributed by atoms with Crippen molar-refractivity contribution >= 4 is 27.7 Å². The van der Waals surface area contributed by atoms with E-state index in [-0.39, 0.29) is 15.5 Å². The molecule has 1 N–H and O–H groups in total. The topological polar surface area (TPSA) is 89.3 Å². The number of nitrogens with one attached hydrogen (secondary N) is 1. The van der Waals surface area contributed by atoms with Crippen molar-refractivity contribution in [3.63, 3.8) is 0 Å². The lowest BCUT2D eigenvalue weighted by Gasteiger charge is -2.06. The van der Waals surface area contributed by atoms with Crippen molar-refractivity contribution in [1.29, 1.82) is 0 Å². The molecular weight excluding hydrogens is 300 g/mol. The van der Waals surface area contributed by atoms with Crippen molar-refractivity contribution in [3.8, 4) is 0 Å². The van der Waals surface area contributed by atoms with Crippen LogP contribution in [0.15, 0.2) is 64.4 Å². The van der Waals surface area contributed by atoms with Gasteiger partial charge in [0.1, 0.15) is 4.90 Å². The lowest BCUT2D eigenvalue weighted by molar-refractivity contribution is -0.387. The molecule has 20 heavy (non-hydrogen) atoms. The summed E-state index contributed by atoms with van der Waals surface area (Å²) in [6, 6.07) is 13.7. The van der Waals surface area contributed by atoms with Crippen LogP contribution in [-0.2, 0) is 10.0 Å². The number of nitro groups is 1. The normalized spacial score (nSPS) is 11.2. The molecule has 0 saturated carbocycles. The fraction of sp³-hybridized carbons (Fsp3) is 0. The van der Waals surface area contributed by atoms with Crippen LogP contribution in [0.1, 0.15) is 0 Å². The summed E-state index contributed by atoms with van der Waals surface area (Å²) in [6.07, 6.45) is 0. The van der Waals surface area contributed by atoms with Crippen LogP contribution in [0, 0.1) is 10.1 Å². The van der Waals surface area contributed by atoms with Gasteiger partial charge in [0.05, 0.1) is 9.82 Å². The standard InChI is InChI=1S/C12H10N2O4S2/c15-14(16)11-8-4-5-9-12(11)19-13-20(17,18)10-6-2-1-3-7-10/h1-9,13H. The maximum atomic E-state index is 12.0. The Morgan fingerprint density at radius 1 is 1.00 bits per heavy atom. The summed E-state index contributed by atoms with van der Waals surface area (Å²) in [6.45, 7) is 0. The molecule has 2 aromatic rings. The summed E-state index contributed by atoms with van der Waals surface area (Å²) in [5.74, 6) is 0. The van der Waals surface area contributed by atoms with Gasteiger partial charge in [-0.3, -0.25) is 10.1 Å². The number of nitrogens with zero attached hydrogens (tertiary/aromatic N) is 1. The van der Waals surface area contributed by atoms with Crippen molar-refractivity contribution in [2.75, 3.05) is 0 Å². The highest BCUT2D eigenvalue weighted by Gasteiger charge is 2.18. The molecule has 0 aliphatic rings. The Hall–Kier alpha value is -1.90. The number of hydrogen-bond acceptors (Lipinski definition) is 5. The minimum absolute atomic E-state index is 0.103. The van der Waals surface area contributed by atoms with E-state index in [1.54, 1.807) is 24.3 Å². The van der Waals surface area contributed by atoms with E-state index in [2.05, 4.69) is 4.13 Å². The molecule has 0 aromatic heterocycles. The predicted molar refractivity (Wildman–Crippen MR) is 75.7 cm³/mol. The highest BCUT2D eigenvalue weighted by molar-refractivity contribution is 8.09. The molecule has 2 aromatic carbocycles. The third-order valence-electron chi connectivity index (χ3n) is 2.38. The summed E-state index contributed by atoms with van der Waals surface area (Å²) in [5.41, 5.74) is -0.145. The Kier molecular flexibility index (Phi) is 4.38. The highest BCUT2D eigenvalue weighted by Crippen LogP contribution is 2.27. The van der Waals surface area contributed by atoms with Crippen LogP contribution in [0.2, 0.25) is 0 Å². The average molecular weight is 310 g/mol. The van der Waals surface area contributed by atoms with Gasteiger partial charge in [-0.15, -0.1) is 4.13 Å². The SMILES string of the molecule is O=[N+]([O-])c1ccccc1SNS(=O)(=O)c1ccccc1. The molecule has 0 spiro atoms. The molecule has 0 saturated heterocycles. The minimum atomic E-state index is -3.71. The van der Waals surface area contributed by atoms with E-state index in [4.69, 9.17) is 0 Å². The molecule has 0 radical (unpaired) electrons. The van der Waals surface area contributed by atoms with E-state index in [9.17, 15) is 18.5 Å². The van der Waals surface area contributed by atoms with Crippen LogP contribution in [0.3, 0.4) is 0 Å². The summed E-state index contributed by atoms with van der Waals surface area (Å²) in [4.78, 5) is 10.6. The average Bonchev–Trinajstić information content (AvgIpc) is 2.46. The number of sulfonamides is 1. The second kappa shape index (κ2) is 6.04. The molecule has 0 aliphatic carbocycles. The summed E-state index contributed by atoms with van der Waals surface area (Å²) in [7, 11) is -3.71. The Morgan fingerprint density at radius 3 is 2.25 bits per heavy atom. The van der Waals surface area contributed by atoms with Gasteiger partial charge < -0.3 is 0 Å². The van der Waals surface area contributed by atoms with Crippen molar-refractivity contribution in [3.05, 3.63) is 64.7 Å². The lowest BCUT2D eigenvalue weighted by atomic mass is 10.3. The Labute approximate surface area is 120 Å². The fourth-order valence-corrected chi connectivity index (χ4v) is 3.53. The van der Waals surface area contributed by atoms with Gasteiger partial charge in [-0.05, 0) is 30.1 Å². The minimum Gasteiger partial charge on any atom is -0.258 e. The van der Waals surface area contributed by atoms with Gasteiger partial charge in [0.2, 0.25) is 10.0 Å². The molecule has 0 amide bonds. The first-order valence-corrected chi connectivity index (χ1v) is 7.78. The van der Waals surface area contributed by atoms with E-state index in [0.717, 1.165) is 0 Å². The van der Waals surface area contributed by atoms with E-state index in [0.29, 0.717) is 11.9 Å². The zero-order chi connectivity index (χ0) is 14.6. The van der Waals surface area contributed by atoms with Crippen molar-refractivity contribution in [1.82, 2.24) is 4.13 Å². The summed E-state index contributed by atoms with van der Waals surface area (Å²) in [5, 5.41) is 10.8. The number of nitro benzene ring substituents is 1. The smallest absolute Gasteiger partial charge is 0.258 e. The van der Waals surface area contributed by atoms with Gasteiger partial charge in [-0.2, -0.15) is 0 Å². The first-order chi connectivity index (χ1) is 9.50. The number of rotatable bonds is 5. The summed E-state index contributed by atoms with van der Waals surface area (Å²) < 4.78 is 26.2. The lowest BCUT2D eigenvalue weighted by Crippen LogP contribution is -2.16. The molecule has 0 bridgehead atoms. The second-order valence-electron chi connectivity index (χ2n) is 3.73. The fourth-order valence-electron chi connectivity index (χ4n) is 1.44. The van der Waals surface area contributed by atoms with E-state index < -0.39 is 14.9 Å². The molecule has 0 heterocycles. The third-order valence-corrected chi connectivity index (χ3v) is 5.05. The largest absolute Gasteiger partial charge is 0.284 e. The first-order valence-electron chi connectivity index (χ1n) is 5.48. The van der Waals surface area contributed by atoms with Gasteiger partial charge >= 0.3 is 0 Å². The second-order valence-corrected chi connectivity index (χ2v) is 6.52. The van der Waals surface area contributed by atoms with Crippen molar-refractivity contribution in [2.24, 2.45) is 0 Å². The zero-order valence-corrected chi connectivity index (χ0v) is 11.7. The van der Waals surface area contributed by atoms with E-state index >= 15 is 0 Å². The van der Waals surface area contributed by atoms with Crippen LogP contribution in [0.4, 0.5) is 5.69 Å². The number of para-hydroxylation sites is 1. The van der Waals surface area contributed by atoms with Gasteiger partial charge in [-0.25, -0.2) is 8.42 Å².